The van der Waals surface area contributed by atoms with Gasteiger partial charge in [0, 0.05) is 12.6 Å². The molecule has 2 unspecified atom stereocenters. The van der Waals surface area contributed by atoms with Crippen molar-refractivity contribution in [3.05, 3.63) is 47.5 Å². The summed E-state index contributed by atoms with van der Waals surface area (Å²) in [6, 6.07) is 12.0. The third-order valence-electron chi connectivity index (χ3n) is 5.46. The molecule has 1 aromatic carbocycles. The number of ether oxygens (including phenoxy) is 1. The number of morpholine rings is 1. The first-order chi connectivity index (χ1) is 10.4. The van der Waals surface area contributed by atoms with E-state index in [2.05, 4.69) is 41.3 Å². The summed E-state index contributed by atoms with van der Waals surface area (Å²) in [5.74, 6) is 0.881. The number of rotatable bonds is 3. The second kappa shape index (κ2) is 5.94. The van der Waals surface area contributed by atoms with E-state index >= 15 is 0 Å². The smallest absolute Gasteiger partial charge is 0.0658 e. The van der Waals surface area contributed by atoms with Crippen LogP contribution in [0.25, 0.3) is 0 Å². The van der Waals surface area contributed by atoms with Gasteiger partial charge in [0.25, 0.3) is 0 Å². The summed E-state index contributed by atoms with van der Waals surface area (Å²) in [5.41, 5.74) is 3.17. The summed E-state index contributed by atoms with van der Waals surface area (Å²) < 4.78 is 5.83. The first kappa shape index (κ1) is 13.5. The molecule has 2 aliphatic heterocycles. The van der Waals surface area contributed by atoms with Gasteiger partial charge >= 0.3 is 0 Å². The van der Waals surface area contributed by atoms with Crippen LogP contribution in [0.4, 0.5) is 0 Å². The Labute approximate surface area is 127 Å². The Morgan fingerprint density at radius 1 is 1.05 bits per heavy atom. The molecule has 0 N–H and O–H groups in total. The van der Waals surface area contributed by atoms with E-state index in [4.69, 9.17) is 4.74 Å². The molecule has 1 aliphatic carbocycles. The zero-order valence-corrected chi connectivity index (χ0v) is 12.7. The van der Waals surface area contributed by atoms with Gasteiger partial charge in [-0.2, -0.15) is 0 Å². The third-order valence-corrected chi connectivity index (χ3v) is 5.46. The average molecular weight is 283 g/mol. The number of hydrogen-bond acceptors (Lipinski definition) is 2. The molecule has 1 saturated heterocycles. The van der Waals surface area contributed by atoms with E-state index in [0.717, 1.165) is 25.7 Å². The van der Waals surface area contributed by atoms with Gasteiger partial charge in [0.05, 0.1) is 19.3 Å². The summed E-state index contributed by atoms with van der Waals surface area (Å²) in [7, 11) is 0. The molecule has 0 radical (unpaired) electrons. The van der Waals surface area contributed by atoms with Crippen LogP contribution in [0.1, 0.15) is 37.7 Å². The van der Waals surface area contributed by atoms with Crippen molar-refractivity contribution in [2.45, 2.75) is 50.7 Å². The van der Waals surface area contributed by atoms with Gasteiger partial charge in [0.1, 0.15) is 0 Å². The molecular weight excluding hydrogens is 258 g/mol. The quantitative estimate of drug-likeness (QED) is 0.783. The largest absolute Gasteiger partial charge is 0.378 e. The fraction of sp³-hybridized carbons (Fsp3) is 0.579. The summed E-state index contributed by atoms with van der Waals surface area (Å²) in [6.07, 6.45) is 9.49. The summed E-state index contributed by atoms with van der Waals surface area (Å²) in [5, 5.41) is 0. The second-order valence-corrected chi connectivity index (χ2v) is 6.84. The van der Waals surface area contributed by atoms with E-state index < -0.39 is 0 Å². The first-order valence-electron chi connectivity index (χ1n) is 8.48. The fourth-order valence-corrected chi connectivity index (χ4v) is 4.33. The van der Waals surface area contributed by atoms with Crippen molar-refractivity contribution in [2.24, 2.45) is 5.92 Å². The van der Waals surface area contributed by atoms with Crippen molar-refractivity contribution in [1.29, 1.82) is 0 Å². The van der Waals surface area contributed by atoms with Gasteiger partial charge in [0.2, 0.25) is 0 Å². The topological polar surface area (TPSA) is 12.5 Å². The van der Waals surface area contributed by atoms with E-state index in [0.29, 0.717) is 12.1 Å². The molecule has 4 rings (SSSR count). The van der Waals surface area contributed by atoms with Crippen molar-refractivity contribution in [2.75, 3.05) is 13.2 Å². The van der Waals surface area contributed by atoms with Crippen LogP contribution in [-0.2, 0) is 11.3 Å². The normalized spacial score (nSPS) is 30.4. The molecule has 1 saturated carbocycles. The van der Waals surface area contributed by atoms with Crippen LogP contribution < -0.4 is 0 Å². The molecule has 21 heavy (non-hydrogen) atoms. The fourth-order valence-electron chi connectivity index (χ4n) is 4.33. The van der Waals surface area contributed by atoms with Crippen molar-refractivity contribution < 1.29 is 4.74 Å². The molecule has 1 aromatic rings. The minimum absolute atomic E-state index is 0.494. The molecule has 2 heteroatoms. The van der Waals surface area contributed by atoms with Crippen molar-refractivity contribution >= 4 is 0 Å². The lowest BCUT2D eigenvalue weighted by molar-refractivity contribution is -0.0451. The van der Waals surface area contributed by atoms with E-state index in [1.165, 1.54) is 37.7 Å². The molecule has 2 bridgehead atoms. The molecular formula is C19H25NO. The van der Waals surface area contributed by atoms with Gasteiger partial charge in [-0.15, -0.1) is 0 Å². The molecule has 112 valence electrons. The minimum atomic E-state index is 0.494. The SMILES string of the molecule is C1=C(C2CCCC2)CC2COCC1N2Cc1ccccc1. The third kappa shape index (κ3) is 2.79. The van der Waals surface area contributed by atoms with Crippen LogP contribution >= 0.6 is 0 Å². The van der Waals surface area contributed by atoms with E-state index in [-0.39, 0.29) is 0 Å². The van der Waals surface area contributed by atoms with Gasteiger partial charge in [-0.3, -0.25) is 4.90 Å². The van der Waals surface area contributed by atoms with E-state index in [9.17, 15) is 0 Å². The first-order valence-corrected chi connectivity index (χ1v) is 8.48. The average Bonchev–Trinajstić information content (AvgIpc) is 3.02. The van der Waals surface area contributed by atoms with Crippen LogP contribution in [0, 0.1) is 5.92 Å². The van der Waals surface area contributed by atoms with E-state index in [1.54, 1.807) is 5.57 Å². The lowest BCUT2D eigenvalue weighted by Gasteiger charge is -2.45. The molecule has 2 heterocycles. The summed E-state index contributed by atoms with van der Waals surface area (Å²) >= 11 is 0. The Morgan fingerprint density at radius 3 is 2.62 bits per heavy atom. The Bertz CT molecular complexity index is 504. The molecule has 3 aliphatic rings. The predicted molar refractivity (Wildman–Crippen MR) is 85.0 cm³/mol. The maximum atomic E-state index is 5.83. The summed E-state index contributed by atoms with van der Waals surface area (Å²) in [6.45, 7) is 2.85. The monoisotopic (exact) mass is 283 g/mol. The van der Waals surface area contributed by atoms with Crippen LogP contribution in [0.2, 0.25) is 0 Å². The molecule has 0 amide bonds. The molecule has 2 nitrogen and oxygen atoms in total. The Kier molecular flexibility index (Phi) is 3.83. The maximum Gasteiger partial charge on any atom is 0.0658 e. The van der Waals surface area contributed by atoms with Gasteiger partial charge < -0.3 is 4.74 Å². The highest BCUT2D eigenvalue weighted by Gasteiger charge is 2.36. The minimum Gasteiger partial charge on any atom is -0.378 e. The van der Waals surface area contributed by atoms with Crippen molar-refractivity contribution in [3.8, 4) is 0 Å². The predicted octanol–water partition coefficient (Wildman–Crippen LogP) is 3.78. The highest BCUT2D eigenvalue weighted by Crippen LogP contribution is 2.38. The van der Waals surface area contributed by atoms with E-state index in [1.807, 2.05) is 0 Å². The Hall–Kier alpha value is -1.12. The van der Waals surface area contributed by atoms with Crippen LogP contribution in [-0.4, -0.2) is 30.2 Å². The lowest BCUT2D eigenvalue weighted by Crippen LogP contribution is -2.53. The van der Waals surface area contributed by atoms with Gasteiger partial charge in [-0.1, -0.05) is 54.8 Å². The zero-order valence-electron chi connectivity index (χ0n) is 12.7. The highest BCUT2D eigenvalue weighted by atomic mass is 16.5. The lowest BCUT2D eigenvalue weighted by atomic mass is 9.85. The van der Waals surface area contributed by atoms with Crippen LogP contribution in [0.3, 0.4) is 0 Å². The van der Waals surface area contributed by atoms with Gasteiger partial charge in [-0.05, 0) is 30.7 Å². The standard InChI is InChI=1S/C19H25NO/c1-2-6-15(7-3-1)12-20-18-10-17(16-8-4-5-9-16)11-19(20)14-21-13-18/h1-3,6-7,10,16,18-19H,4-5,8-9,11-14H2. The summed E-state index contributed by atoms with van der Waals surface area (Å²) in [4.78, 5) is 2.66. The van der Waals surface area contributed by atoms with Crippen molar-refractivity contribution in [3.63, 3.8) is 0 Å². The highest BCUT2D eigenvalue weighted by molar-refractivity contribution is 5.21. The van der Waals surface area contributed by atoms with Crippen LogP contribution in [0.15, 0.2) is 42.0 Å². The van der Waals surface area contributed by atoms with Crippen LogP contribution in [0.5, 0.6) is 0 Å². The molecule has 0 spiro atoms. The second-order valence-electron chi connectivity index (χ2n) is 6.84. The maximum absolute atomic E-state index is 5.83. The van der Waals surface area contributed by atoms with Gasteiger partial charge in [0.15, 0.2) is 0 Å². The van der Waals surface area contributed by atoms with Gasteiger partial charge in [-0.25, -0.2) is 0 Å². The van der Waals surface area contributed by atoms with Crippen molar-refractivity contribution in [1.82, 2.24) is 4.90 Å². The molecule has 2 fully saturated rings. The Morgan fingerprint density at radius 2 is 1.86 bits per heavy atom. The molecule has 2 atom stereocenters. The zero-order chi connectivity index (χ0) is 14.1. The number of nitrogens with zero attached hydrogens (tertiary/aromatic N) is 1. The molecule has 0 aromatic heterocycles. The number of hydrogen-bond donors (Lipinski definition) is 0. The number of fused-ring (bicyclic) bond motifs is 2. The number of benzene rings is 1. The Balaban J connectivity index is 1.53.